The van der Waals surface area contributed by atoms with Crippen molar-refractivity contribution in [1.29, 1.82) is 0 Å². The van der Waals surface area contributed by atoms with Gasteiger partial charge in [0.1, 0.15) is 5.82 Å². The molecule has 21 heavy (non-hydrogen) atoms. The predicted molar refractivity (Wildman–Crippen MR) is 81.5 cm³/mol. The summed E-state index contributed by atoms with van der Waals surface area (Å²) in [5, 5.41) is 3.28. The molecule has 1 unspecified atom stereocenters. The summed E-state index contributed by atoms with van der Waals surface area (Å²) in [4.78, 5) is 0.278. The van der Waals surface area contributed by atoms with Crippen LogP contribution in [0.4, 0.5) is 4.39 Å². The van der Waals surface area contributed by atoms with E-state index < -0.39 is 9.84 Å². The van der Waals surface area contributed by atoms with Crippen LogP contribution in [0.15, 0.2) is 53.4 Å². The van der Waals surface area contributed by atoms with Crippen LogP contribution >= 0.6 is 0 Å². The molecule has 2 rings (SSSR count). The molecule has 0 aromatic heterocycles. The molecule has 0 saturated carbocycles. The maximum Gasteiger partial charge on any atom is 0.175 e. The molecule has 0 aliphatic rings. The summed E-state index contributed by atoms with van der Waals surface area (Å²) < 4.78 is 36.4. The van der Waals surface area contributed by atoms with Crippen LogP contribution in [0.25, 0.3) is 0 Å². The number of benzene rings is 2. The van der Waals surface area contributed by atoms with Gasteiger partial charge in [-0.25, -0.2) is 12.8 Å². The van der Waals surface area contributed by atoms with Crippen molar-refractivity contribution in [1.82, 2.24) is 5.32 Å². The smallest absolute Gasteiger partial charge is 0.175 e. The Labute approximate surface area is 124 Å². The Morgan fingerprint density at radius 1 is 1.10 bits per heavy atom. The normalized spacial score (nSPS) is 13.1. The van der Waals surface area contributed by atoms with Gasteiger partial charge >= 0.3 is 0 Å². The number of nitrogens with one attached hydrogen (secondary N) is 1. The van der Waals surface area contributed by atoms with Gasteiger partial charge in [0.25, 0.3) is 0 Å². The second kappa shape index (κ2) is 6.37. The standard InChI is InChI=1S/C16H18FNO2S/c1-3-18-16(13-5-4-6-14(17)11-13)12-7-9-15(10-8-12)21(2,19)20/h4-11,16,18H,3H2,1-2H3. The molecule has 0 spiro atoms. The molecule has 5 heteroatoms. The molecule has 0 amide bonds. The Bertz CT molecular complexity index is 711. The molecule has 112 valence electrons. The van der Waals surface area contributed by atoms with E-state index >= 15 is 0 Å². The van der Waals surface area contributed by atoms with Gasteiger partial charge in [0.15, 0.2) is 9.84 Å². The van der Waals surface area contributed by atoms with E-state index in [1.807, 2.05) is 13.0 Å². The van der Waals surface area contributed by atoms with Crippen LogP contribution in [0.5, 0.6) is 0 Å². The van der Waals surface area contributed by atoms with Gasteiger partial charge in [0, 0.05) is 6.26 Å². The highest BCUT2D eigenvalue weighted by Gasteiger charge is 2.15. The van der Waals surface area contributed by atoms with Gasteiger partial charge in [-0.3, -0.25) is 0 Å². The van der Waals surface area contributed by atoms with Crippen molar-refractivity contribution in [2.75, 3.05) is 12.8 Å². The minimum Gasteiger partial charge on any atom is -0.307 e. The van der Waals surface area contributed by atoms with Crippen molar-refractivity contribution in [3.63, 3.8) is 0 Å². The lowest BCUT2D eigenvalue weighted by atomic mass is 9.98. The summed E-state index contributed by atoms with van der Waals surface area (Å²) in [5.74, 6) is -0.289. The number of rotatable bonds is 5. The van der Waals surface area contributed by atoms with Crippen molar-refractivity contribution in [2.24, 2.45) is 0 Å². The molecule has 2 aromatic carbocycles. The zero-order chi connectivity index (χ0) is 15.5. The molecule has 0 saturated heterocycles. The molecular formula is C16H18FNO2S. The van der Waals surface area contributed by atoms with E-state index in [1.54, 1.807) is 30.3 Å². The number of hydrogen-bond acceptors (Lipinski definition) is 3. The zero-order valence-corrected chi connectivity index (χ0v) is 12.8. The molecule has 1 atom stereocenters. The first kappa shape index (κ1) is 15.7. The fourth-order valence-corrected chi connectivity index (χ4v) is 2.86. The van der Waals surface area contributed by atoms with Crippen molar-refractivity contribution >= 4 is 9.84 Å². The van der Waals surface area contributed by atoms with Crippen LogP contribution in [0.3, 0.4) is 0 Å². The molecule has 0 heterocycles. The molecule has 0 bridgehead atoms. The Morgan fingerprint density at radius 3 is 2.29 bits per heavy atom. The van der Waals surface area contributed by atoms with Crippen LogP contribution in [0.2, 0.25) is 0 Å². The summed E-state index contributed by atoms with van der Waals surface area (Å²) >= 11 is 0. The minimum atomic E-state index is -3.21. The first-order valence-electron chi connectivity index (χ1n) is 6.70. The first-order chi connectivity index (χ1) is 9.91. The highest BCUT2D eigenvalue weighted by atomic mass is 32.2. The van der Waals surface area contributed by atoms with E-state index in [1.165, 1.54) is 18.4 Å². The Balaban J connectivity index is 2.39. The Morgan fingerprint density at radius 2 is 1.76 bits per heavy atom. The van der Waals surface area contributed by atoms with E-state index in [4.69, 9.17) is 0 Å². The lowest BCUT2D eigenvalue weighted by molar-refractivity contribution is 0.600. The van der Waals surface area contributed by atoms with Crippen molar-refractivity contribution < 1.29 is 12.8 Å². The summed E-state index contributed by atoms with van der Waals surface area (Å²) in [6.07, 6.45) is 1.18. The SMILES string of the molecule is CCNC(c1ccc(S(C)(=O)=O)cc1)c1cccc(F)c1. The van der Waals surface area contributed by atoms with Gasteiger partial charge in [-0.15, -0.1) is 0 Å². The van der Waals surface area contributed by atoms with Crippen LogP contribution < -0.4 is 5.32 Å². The van der Waals surface area contributed by atoms with Crippen molar-refractivity contribution in [3.8, 4) is 0 Å². The third kappa shape index (κ3) is 3.89. The van der Waals surface area contributed by atoms with Crippen LogP contribution in [-0.2, 0) is 9.84 Å². The van der Waals surface area contributed by atoms with Crippen LogP contribution in [0.1, 0.15) is 24.1 Å². The molecule has 0 aliphatic carbocycles. The number of hydrogen-bond donors (Lipinski definition) is 1. The molecule has 1 N–H and O–H groups in total. The molecule has 0 fully saturated rings. The lowest BCUT2D eigenvalue weighted by Crippen LogP contribution is -2.22. The molecule has 2 aromatic rings. The molecule has 3 nitrogen and oxygen atoms in total. The second-order valence-electron chi connectivity index (χ2n) is 4.89. The highest BCUT2D eigenvalue weighted by molar-refractivity contribution is 7.90. The number of halogens is 1. The minimum absolute atomic E-state index is 0.167. The van der Waals surface area contributed by atoms with Crippen molar-refractivity contribution in [2.45, 2.75) is 17.9 Å². The number of sulfone groups is 1. The second-order valence-corrected chi connectivity index (χ2v) is 6.90. The average molecular weight is 307 g/mol. The Kier molecular flexibility index (Phi) is 4.75. The zero-order valence-electron chi connectivity index (χ0n) is 12.0. The molecule has 0 radical (unpaired) electrons. The topological polar surface area (TPSA) is 46.2 Å². The summed E-state index contributed by atoms with van der Waals surface area (Å²) in [6.45, 7) is 2.69. The fraction of sp³-hybridized carbons (Fsp3) is 0.250. The van der Waals surface area contributed by atoms with Gasteiger partial charge in [0.2, 0.25) is 0 Å². The van der Waals surface area contributed by atoms with Gasteiger partial charge < -0.3 is 5.32 Å². The van der Waals surface area contributed by atoms with Gasteiger partial charge in [-0.2, -0.15) is 0 Å². The third-order valence-corrected chi connectivity index (χ3v) is 4.36. The quantitative estimate of drug-likeness (QED) is 0.924. The maximum absolute atomic E-state index is 13.4. The summed E-state index contributed by atoms with van der Waals surface area (Å²) in [7, 11) is -3.21. The van der Waals surface area contributed by atoms with E-state index in [2.05, 4.69) is 5.32 Å². The van der Waals surface area contributed by atoms with Gasteiger partial charge in [-0.1, -0.05) is 31.2 Å². The first-order valence-corrected chi connectivity index (χ1v) is 8.60. The van der Waals surface area contributed by atoms with E-state index in [0.717, 1.165) is 17.7 Å². The van der Waals surface area contributed by atoms with Gasteiger partial charge in [0.05, 0.1) is 10.9 Å². The summed E-state index contributed by atoms with van der Waals surface area (Å²) in [5.41, 5.74) is 1.71. The average Bonchev–Trinajstić information content (AvgIpc) is 2.44. The van der Waals surface area contributed by atoms with Gasteiger partial charge in [-0.05, 0) is 41.9 Å². The van der Waals surface area contributed by atoms with Crippen LogP contribution in [-0.4, -0.2) is 21.2 Å². The highest BCUT2D eigenvalue weighted by Crippen LogP contribution is 2.24. The molecular weight excluding hydrogens is 289 g/mol. The monoisotopic (exact) mass is 307 g/mol. The Hall–Kier alpha value is -1.72. The van der Waals surface area contributed by atoms with E-state index in [-0.39, 0.29) is 16.8 Å². The van der Waals surface area contributed by atoms with E-state index in [0.29, 0.717) is 0 Å². The molecule has 0 aliphatic heterocycles. The third-order valence-electron chi connectivity index (χ3n) is 3.23. The lowest BCUT2D eigenvalue weighted by Gasteiger charge is -2.19. The maximum atomic E-state index is 13.4. The van der Waals surface area contributed by atoms with Crippen molar-refractivity contribution in [3.05, 3.63) is 65.5 Å². The largest absolute Gasteiger partial charge is 0.307 e. The van der Waals surface area contributed by atoms with E-state index in [9.17, 15) is 12.8 Å². The fourth-order valence-electron chi connectivity index (χ4n) is 2.23. The predicted octanol–water partition coefficient (Wildman–Crippen LogP) is 2.93. The summed E-state index contributed by atoms with van der Waals surface area (Å²) in [6, 6.07) is 12.9. The van der Waals surface area contributed by atoms with Crippen LogP contribution in [0, 0.1) is 5.82 Å².